The number of rotatable bonds is 9. The highest BCUT2D eigenvalue weighted by Crippen LogP contribution is 2.03. The first-order valence-electron chi connectivity index (χ1n) is 5.41. The van der Waals surface area contributed by atoms with E-state index in [0.717, 1.165) is 12.8 Å². The van der Waals surface area contributed by atoms with Gasteiger partial charge in [-0.1, -0.05) is 6.92 Å². The number of amides is 2. The van der Waals surface area contributed by atoms with Crippen molar-refractivity contribution in [3.8, 4) is 0 Å². The lowest BCUT2D eigenvalue weighted by molar-refractivity contribution is -0.125. The van der Waals surface area contributed by atoms with E-state index >= 15 is 0 Å². The van der Waals surface area contributed by atoms with E-state index in [9.17, 15) is 9.59 Å². The Morgan fingerprint density at radius 3 is 2.69 bits per heavy atom. The Labute approximate surface area is 95.7 Å². The summed E-state index contributed by atoms with van der Waals surface area (Å²) in [5, 5.41) is 2.71. The molecule has 6 heteroatoms. The van der Waals surface area contributed by atoms with Gasteiger partial charge in [0.05, 0.1) is 6.61 Å². The second-order valence-corrected chi connectivity index (χ2v) is 3.64. The number of hydrogen-bond donors (Lipinski definition) is 3. The minimum Gasteiger partial charge on any atom is -0.370 e. The Balaban J connectivity index is 3.45. The lowest BCUT2D eigenvalue weighted by Crippen LogP contribution is -2.33. The zero-order valence-corrected chi connectivity index (χ0v) is 9.70. The molecule has 0 aromatic heterocycles. The summed E-state index contributed by atoms with van der Waals surface area (Å²) in [6, 6.07) is 0. The lowest BCUT2D eigenvalue weighted by atomic mass is 10.1. The highest BCUT2D eigenvalue weighted by molar-refractivity contribution is 5.78. The molecule has 2 amide bonds. The van der Waals surface area contributed by atoms with Gasteiger partial charge >= 0.3 is 0 Å². The third-order valence-electron chi connectivity index (χ3n) is 2.08. The largest absolute Gasteiger partial charge is 0.370 e. The van der Waals surface area contributed by atoms with E-state index in [-0.39, 0.29) is 25.0 Å². The maximum Gasteiger partial charge on any atom is 0.243 e. The van der Waals surface area contributed by atoms with Crippen molar-refractivity contribution in [3.05, 3.63) is 0 Å². The molecule has 0 rings (SSSR count). The molecule has 94 valence electrons. The molecule has 0 aliphatic rings. The van der Waals surface area contributed by atoms with Gasteiger partial charge < -0.3 is 21.5 Å². The summed E-state index contributed by atoms with van der Waals surface area (Å²) in [7, 11) is 0. The molecule has 1 unspecified atom stereocenters. The van der Waals surface area contributed by atoms with Crippen molar-refractivity contribution >= 4 is 11.8 Å². The number of nitrogens with one attached hydrogen (secondary N) is 1. The quantitative estimate of drug-likeness (QED) is 0.441. The minimum absolute atomic E-state index is 0.0175. The van der Waals surface area contributed by atoms with Gasteiger partial charge in [0, 0.05) is 12.5 Å². The summed E-state index contributed by atoms with van der Waals surface area (Å²) < 4.78 is 4.90. The molecule has 0 radical (unpaired) electrons. The van der Waals surface area contributed by atoms with Crippen LogP contribution in [0.25, 0.3) is 0 Å². The van der Waals surface area contributed by atoms with E-state index in [1.807, 2.05) is 6.92 Å². The van der Waals surface area contributed by atoms with E-state index in [2.05, 4.69) is 5.32 Å². The molecule has 0 bridgehead atoms. The highest BCUT2D eigenvalue weighted by Gasteiger charge is 2.10. The standard InChI is InChI=1S/C10H21N3O3/c1-8(3-2-4-11)10(15)13-5-6-16-7-9(12)14/h8H,2-7,11H2,1H3,(H2,12,14)(H,13,15). The van der Waals surface area contributed by atoms with Crippen molar-refractivity contribution < 1.29 is 14.3 Å². The molecule has 1 atom stereocenters. The molecule has 0 saturated carbocycles. The average Bonchev–Trinajstić information content (AvgIpc) is 2.24. The zero-order chi connectivity index (χ0) is 12.4. The maximum absolute atomic E-state index is 11.4. The fourth-order valence-electron chi connectivity index (χ4n) is 1.15. The van der Waals surface area contributed by atoms with Gasteiger partial charge in [-0.2, -0.15) is 0 Å². The predicted molar refractivity (Wildman–Crippen MR) is 60.5 cm³/mol. The molecular formula is C10H21N3O3. The van der Waals surface area contributed by atoms with Crippen LogP contribution in [0.15, 0.2) is 0 Å². The molecule has 0 fully saturated rings. The van der Waals surface area contributed by atoms with Crippen LogP contribution in [0.3, 0.4) is 0 Å². The van der Waals surface area contributed by atoms with E-state index in [1.165, 1.54) is 0 Å². The highest BCUT2D eigenvalue weighted by atomic mass is 16.5. The number of carbonyl (C=O) groups is 2. The second kappa shape index (κ2) is 9.11. The zero-order valence-electron chi connectivity index (χ0n) is 9.70. The average molecular weight is 231 g/mol. The third kappa shape index (κ3) is 8.19. The molecule has 0 aliphatic carbocycles. The summed E-state index contributed by atoms with van der Waals surface area (Å²) in [5.74, 6) is -0.571. The van der Waals surface area contributed by atoms with Crippen LogP contribution in [0.1, 0.15) is 19.8 Å². The van der Waals surface area contributed by atoms with Gasteiger partial charge in [0.25, 0.3) is 0 Å². The van der Waals surface area contributed by atoms with Gasteiger partial charge in [-0.15, -0.1) is 0 Å². The predicted octanol–water partition coefficient (Wildman–Crippen LogP) is -1.02. The van der Waals surface area contributed by atoms with Crippen molar-refractivity contribution in [3.63, 3.8) is 0 Å². The Morgan fingerprint density at radius 2 is 2.12 bits per heavy atom. The first kappa shape index (κ1) is 14.9. The number of ether oxygens (including phenoxy) is 1. The van der Waals surface area contributed by atoms with Crippen LogP contribution in [0.5, 0.6) is 0 Å². The van der Waals surface area contributed by atoms with Crippen LogP contribution in [0.4, 0.5) is 0 Å². The number of carbonyl (C=O) groups excluding carboxylic acids is 2. The maximum atomic E-state index is 11.4. The molecule has 0 saturated heterocycles. The van der Waals surface area contributed by atoms with E-state index in [0.29, 0.717) is 13.1 Å². The first-order chi connectivity index (χ1) is 7.57. The van der Waals surface area contributed by atoms with Crippen molar-refractivity contribution in [2.75, 3.05) is 26.3 Å². The number of nitrogens with two attached hydrogens (primary N) is 2. The van der Waals surface area contributed by atoms with Crippen LogP contribution in [-0.2, 0) is 14.3 Å². The molecule has 0 heterocycles. The molecular weight excluding hydrogens is 210 g/mol. The van der Waals surface area contributed by atoms with Gasteiger partial charge in [0.15, 0.2) is 0 Å². The van der Waals surface area contributed by atoms with Crippen molar-refractivity contribution in [1.82, 2.24) is 5.32 Å². The van der Waals surface area contributed by atoms with Crippen LogP contribution in [-0.4, -0.2) is 38.1 Å². The summed E-state index contributed by atoms with van der Waals surface area (Å²) in [6.07, 6.45) is 1.62. The normalized spacial score (nSPS) is 12.1. The van der Waals surface area contributed by atoms with E-state index in [4.69, 9.17) is 16.2 Å². The van der Waals surface area contributed by atoms with E-state index < -0.39 is 5.91 Å². The van der Waals surface area contributed by atoms with Crippen molar-refractivity contribution in [2.24, 2.45) is 17.4 Å². The molecule has 0 aliphatic heterocycles. The molecule has 5 N–H and O–H groups in total. The number of hydrogen-bond acceptors (Lipinski definition) is 4. The monoisotopic (exact) mass is 231 g/mol. The van der Waals surface area contributed by atoms with Gasteiger partial charge in [-0.05, 0) is 19.4 Å². The SMILES string of the molecule is CC(CCCN)C(=O)NCCOCC(N)=O. The van der Waals surface area contributed by atoms with Gasteiger partial charge in [0.1, 0.15) is 6.61 Å². The Hall–Kier alpha value is -1.14. The summed E-state index contributed by atoms with van der Waals surface area (Å²) in [4.78, 5) is 21.8. The van der Waals surface area contributed by atoms with Crippen LogP contribution in [0, 0.1) is 5.92 Å². The number of primary amides is 1. The van der Waals surface area contributed by atoms with Crippen molar-refractivity contribution in [2.45, 2.75) is 19.8 Å². The molecule has 0 aromatic carbocycles. The van der Waals surface area contributed by atoms with Crippen LogP contribution < -0.4 is 16.8 Å². The third-order valence-corrected chi connectivity index (χ3v) is 2.08. The Morgan fingerprint density at radius 1 is 1.44 bits per heavy atom. The summed E-state index contributed by atoms with van der Waals surface area (Å²) >= 11 is 0. The molecule has 6 nitrogen and oxygen atoms in total. The fourth-order valence-corrected chi connectivity index (χ4v) is 1.15. The topological polar surface area (TPSA) is 107 Å². The minimum atomic E-state index is -0.511. The molecule has 0 spiro atoms. The Kier molecular flexibility index (Phi) is 8.46. The fraction of sp³-hybridized carbons (Fsp3) is 0.800. The van der Waals surface area contributed by atoms with E-state index in [1.54, 1.807) is 0 Å². The first-order valence-corrected chi connectivity index (χ1v) is 5.41. The van der Waals surface area contributed by atoms with Crippen molar-refractivity contribution in [1.29, 1.82) is 0 Å². The van der Waals surface area contributed by atoms with Gasteiger partial charge in [0.2, 0.25) is 11.8 Å². The Bertz CT molecular complexity index is 221. The smallest absolute Gasteiger partial charge is 0.243 e. The molecule has 16 heavy (non-hydrogen) atoms. The van der Waals surface area contributed by atoms with Crippen LogP contribution >= 0.6 is 0 Å². The summed E-state index contributed by atoms with van der Waals surface area (Å²) in [5.41, 5.74) is 10.2. The van der Waals surface area contributed by atoms with Gasteiger partial charge in [-0.3, -0.25) is 9.59 Å². The second-order valence-electron chi connectivity index (χ2n) is 3.64. The lowest BCUT2D eigenvalue weighted by Gasteiger charge is -2.11. The molecule has 0 aromatic rings. The summed E-state index contributed by atoms with van der Waals surface area (Å²) in [6.45, 7) is 3.02. The van der Waals surface area contributed by atoms with Crippen LogP contribution in [0.2, 0.25) is 0 Å². The van der Waals surface area contributed by atoms with Gasteiger partial charge in [-0.25, -0.2) is 0 Å².